The van der Waals surface area contributed by atoms with Gasteiger partial charge in [-0.1, -0.05) is 0 Å². The Balaban J connectivity index is 1.71. The number of piperidine rings is 1. The number of aromatic nitrogens is 2. The molecule has 0 aromatic carbocycles. The number of nitrogens with one attached hydrogen (secondary N) is 2. The molecule has 1 aromatic heterocycles. The van der Waals surface area contributed by atoms with E-state index in [4.69, 9.17) is 0 Å². The first-order valence-electron chi connectivity index (χ1n) is 5.86. The van der Waals surface area contributed by atoms with E-state index in [9.17, 15) is 4.79 Å². The molecule has 1 amide bonds. The molecule has 86 valence electrons. The van der Waals surface area contributed by atoms with Gasteiger partial charge in [0.2, 0.25) is 0 Å². The highest BCUT2D eigenvalue weighted by molar-refractivity contribution is 5.92. The van der Waals surface area contributed by atoms with E-state index in [-0.39, 0.29) is 5.91 Å². The molecule has 2 saturated heterocycles. The fourth-order valence-corrected chi connectivity index (χ4v) is 2.76. The van der Waals surface area contributed by atoms with Crippen molar-refractivity contribution in [3.8, 4) is 0 Å². The molecule has 5 heteroatoms. The molecule has 0 aliphatic carbocycles. The SMILES string of the molecule is O=C(c1ccn[nH]1)N1CC2CCCNC2C1. The minimum atomic E-state index is 0.0775. The van der Waals surface area contributed by atoms with Crippen LogP contribution >= 0.6 is 0 Å². The van der Waals surface area contributed by atoms with Crippen molar-refractivity contribution in [2.75, 3.05) is 19.6 Å². The highest BCUT2D eigenvalue weighted by Gasteiger charge is 2.36. The Morgan fingerprint density at radius 3 is 3.19 bits per heavy atom. The van der Waals surface area contributed by atoms with E-state index in [2.05, 4.69) is 15.5 Å². The molecule has 3 rings (SSSR count). The quantitative estimate of drug-likeness (QED) is 0.712. The van der Waals surface area contributed by atoms with Gasteiger partial charge in [-0.2, -0.15) is 5.10 Å². The van der Waals surface area contributed by atoms with Crippen LogP contribution < -0.4 is 5.32 Å². The molecule has 2 aliphatic heterocycles. The Bertz CT molecular complexity index is 361. The smallest absolute Gasteiger partial charge is 0.271 e. The standard InChI is InChI=1S/C11H16N4O/c16-11(9-3-5-13-14-9)15-6-8-2-1-4-12-10(8)7-15/h3,5,8,10,12H,1-2,4,6-7H2,(H,13,14). The number of carbonyl (C=O) groups is 1. The highest BCUT2D eigenvalue weighted by atomic mass is 16.2. The van der Waals surface area contributed by atoms with E-state index < -0.39 is 0 Å². The average Bonchev–Trinajstić information content (AvgIpc) is 2.97. The van der Waals surface area contributed by atoms with E-state index in [1.54, 1.807) is 12.3 Å². The summed E-state index contributed by atoms with van der Waals surface area (Å²) in [5.74, 6) is 0.717. The Morgan fingerprint density at radius 1 is 1.50 bits per heavy atom. The zero-order chi connectivity index (χ0) is 11.0. The normalized spacial score (nSPS) is 29.1. The van der Waals surface area contributed by atoms with Gasteiger partial charge < -0.3 is 10.2 Å². The maximum atomic E-state index is 12.1. The molecule has 3 heterocycles. The second-order valence-electron chi connectivity index (χ2n) is 4.64. The fraction of sp³-hybridized carbons (Fsp3) is 0.636. The van der Waals surface area contributed by atoms with Crippen LogP contribution in [0.4, 0.5) is 0 Å². The van der Waals surface area contributed by atoms with Crippen molar-refractivity contribution >= 4 is 5.91 Å². The zero-order valence-corrected chi connectivity index (χ0v) is 9.15. The van der Waals surface area contributed by atoms with Crippen LogP contribution in [0, 0.1) is 5.92 Å². The molecule has 0 saturated carbocycles. The average molecular weight is 220 g/mol. The van der Waals surface area contributed by atoms with Crippen molar-refractivity contribution < 1.29 is 4.79 Å². The Hall–Kier alpha value is -1.36. The lowest BCUT2D eigenvalue weighted by Crippen LogP contribution is -2.41. The number of aromatic amines is 1. The minimum Gasteiger partial charge on any atom is -0.335 e. The molecule has 5 nitrogen and oxygen atoms in total. The summed E-state index contributed by atoms with van der Waals surface area (Å²) in [4.78, 5) is 14.0. The minimum absolute atomic E-state index is 0.0775. The molecular formula is C11H16N4O. The number of H-pyrrole nitrogens is 1. The van der Waals surface area contributed by atoms with Crippen LogP contribution in [0.25, 0.3) is 0 Å². The zero-order valence-electron chi connectivity index (χ0n) is 9.15. The van der Waals surface area contributed by atoms with Crippen LogP contribution in [0.15, 0.2) is 12.3 Å². The first-order valence-corrected chi connectivity index (χ1v) is 5.86. The molecular weight excluding hydrogens is 204 g/mol. The monoisotopic (exact) mass is 220 g/mol. The predicted molar refractivity (Wildman–Crippen MR) is 59.0 cm³/mol. The summed E-state index contributed by atoms with van der Waals surface area (Å²) in [6.45, 7) is 2.81. The second kappa shape index (κ2) is 3.90. The predicted octanol–water partition coefficient (Wildman–Crippen LogP) is 0.234. The summed E-state index contributed by atoms with van der Waals surface area (Å²) < 4.78 is 0. The Morgan fingerprint density at radius 2 is 2.44 bits per heavy atom. The maximum Gasteiger partial charge on any atom is 0.271 e. The van der Waals surface area contributed by atoms with Crippen molar-refractivity contribution in [1.82, 2.24) is 20.4 Å². The van der Waals surface area contributed by atoms with Gasteiger partial charge in [-0.15, -0.1) is 0 Å². The van der Waals surface area contributed by atoms with E-state index in [1.165, 1.54) is 12.8 Å². The third-order valence-corrected chi connectivity index (χ3v) is 3.62. The number of nitrogens with zero attached hydrogens (tertiary/aromatic N) is 2. The third kappa shape index (κ3) is 1.61. The summed E-state index contributed by atoms with van der Waals surface area (Å²) in [5, 5.41) is 10.0. The first kappa shape index (κ1) is 9.84. The number of hydrogen-bond acceptors (Lipinski definition) is 3. The summed E-state index contributed by atoms with van der Waals surface area (Å²) in [7, 11) is 0. The molecule has 0 spiro atoms. The van der Waals surface area contributed by atoms with Crippen LogP contribution in [0.2, 0.25) is 0 Å². The van der Waals surface area contributed by atoms with Crippen molar-refractivity contribution in [2.24, 2.45) is 5.92 Å². The van der Waals surface area contributed by atoms with Crippen molar-refractivity contribution in [3.05, 3.63) is 18.0 Å². The highest BCUT2D eigenvalue weighted by Crippen LogP contribution is 2.25. The van der Waals surface area contributed by atoms with Crippen molar-refractivity contribution in [3.63, 3.8) is 0 Å². The summed E-state index contributed by atoms with van der Waals surface area (Å²) >= 11 is 0. The van der Waals surface area contributed by atoms with Gasteiger partial charge in [0, 0.05) is 25.3 Å². The Labute approximate surface area is 94.2 Å². The summed E-state index contributed by atoms with van der Waals surface area (Å²) in [6.07, 6.45) is 4.09. The lowest BCUT2D eigenvalue weighted by atomic mass is 9.94. The fourth-order valence-electron chi connectivity index (χ4n) is 2.76. The number of likely N-dealkylation sites (tertiary alicyclic amines) is 1. The van der Waals surface area contributed by atoms with Gasteiger partial charge in [0.25, 0.3) is 5.91 Å². The lowest BCUT2D eigenvalue weighted by molar-refractivity contribution is 0.0780. The Kier molecular flexibility index (Phi) is 2.40. The molecule has 2 fully saturated rings. The number of carbonyl (C=O) groups excluding carboxylic acids is 1. The molecule has 2 aliphatic rings. The van der Waals surface area contributed by atoms with Gasteiger partial charge >= 0.3 is 0 Å². The van der Waals surface area contributed by atoms with Gasteiger partial charge in [-0.3, -0.25) is 9.89 Å². The van der Waals surface area contributed by atoms with Crippen molar-refractivity contribution in [1.29, 1.82) is 0 Å². The largest absolute Gasteiger partial charge is 0.335 e. The van der Waals surface area contributed by atoms with Crippen LogP contribution in [0.5, 0.6) is 0 Å². The van der Waals surface area contributed by atoms with E-state index in [1.807, 2.05) is 4.90 Å². The maximum absolute atomic E-state index is 12.1. The number of fused-ring (bicyclic) bond motifs is 1. The van der Waals surface area contributed by atoms with Crippen LogP contribution in [-0.2, 0) is 0 Å². The van der Waals surface area contributed by atoms with Crippen LogP contribution in [-0.4, -0.2) is 46.7 Å². The molecule has 2 unspecified atom stereocenters. The van der Waals surface area contributed by atoms with Gasteiger partial charge in [0.05, 0.1) is 0 Å². The van der Waals surface area contributed by atoms with Gasteiger partial charge in [0.1, 0.15) is 5.69 Å². The molecule has 0 radical (unpaired) electrons. The summed E-state index contributed by atoms with van der Waals surface area (Å²) in [6, 6.07) is 2.23. The van der Waals surface area contributed by atoms with E-state index in [0.717, 1.165) is 19.6 Å². The van der Waals surface area contributed by atoms with E-state index >= 15 is 0 Å². The second-order valence-corrected chi connectivity index (χ2v) is 4.64. The van der Waals surface area contributed by atoms with Gasteiger partial charge in [0.15, 0.2) is 0 Å². The van der Waals surface area contributed by atoms with Gasteiger partial charge in [-0.05, 0) is 31.4 Å². The summed E-state index contributed by atoms with van der Waals surface area (Å²) in [5.41, 5.74) is 0.596. The topological polar surface area (TPSA) is 61.0 Å². The molecule has 2 atom stereocenters. The van der Waals surface area contributed by atoms with E-state index in [0.29, 0.717) is 17.7 Å². The third-order valence-electron chi connectivity index (χ3n) is 3.62. The molecule has 2 N–H and O–H groups in total. The number of rotatable bonds is 1. The lowest BCUT2D eigenvalue weighted by Gasteiger charge is -2.24. The molecule has 0 bridgehead atoms. The van der Waals surface area contributed by atoms with Crippen LogP contribution in [0.1, 0.15) is 23.3 Å². The number of hydrogen-bond donors (Lipinski definition) is 2. The first-order chi connectivity index (χ1) is 7.84. The van der Waals surface area contributed by atoms with Gasteiger partial charge in [-0.25, -0.2) is 0 Å². The van der Waals surface area contributed by atoms with Crippen molar-refractivity contribution in [2.45, 2.75) is 18.9 Å². The number of amides is 1. The molecule has 1 aromatic rings. The van der Waals surface area contributed by atoms with Crippen LogP contribution in [0.3, 0.4) is 0 Å². The molecule has 16 heavy (non-hydrogen) atoms.